The van der Waals surface area contributed by atoms with Gasteiger partial charge in [-0.2, -0.15) is 0 Å². The Morgan fingerprint density at radius 2 is 1.62 bits per heavy atom. The summed E-state index contributed by atoms with van der Waals surface area (Å²) >= 11 is 0. The van der Waals surface area contributed by atoms with E-state index in [1.165, 1.54) is 47.4 Å². The monoisotopic (exact) mass is 495 g/mol. The van der Waals surface area contributed by atoms with Gasteiger partial charge in [0, 0.05) is 12.1 Å². The van der Waals surface area contributed by atoms with Crippen LogP contribution in [0.4, 0.5) is 14.5 Å². The molecule has 34 heavy (non-hydrogen) atoms. The molecule has 2 amide bonds. The second-order valence-electron chi connectivity index (χ2n) is 9.03. The van der Waals surface area contributed by atoms with E-state index in [4.69, 9.17) is 0 Å². The van der Waals surface area contributed by atoms with Crippen molar-refractivity contribution in [2.24, 2.45) is 0 Å². The number of anilines is 1. The van der Waals surface area contributed by atoms with E-state index < -0.39 is 51.6 Å². The molecule has 1 N–H and O–H groups in total. The number of nitrogens with zero attached hydrogens (tertiary/aromatic N) is 2. The van der Waals surface area contributed by atoms with Crippen molar-refractivity contribution >= 4 is 27.5 Å². The number of rotatable bonds is 9. The largest absolute Gasteiger partial charge is 0.350 e. The Morgan fingerprint density at radius 1 is 1.03 bits per heavy atom. The number of nitrogens with one attached hydrogen (secondary N) is 1. The number of benzene rings is 2. The van der Waals surface area contributed by atoms with Crippen LogP contribution in [0.25, 0.3) is 0 Å². The van der Waals surface area contributed by atoms with Gasteiger partial charge in [-0.3, -0.25) is 13.9 Å². The van der Waals surface area contributed by atoms with Crippen molar-refractivity contribution in [3.63, 3.8) is 0 Å². The highest BCUT2D eigenvalue weighted by Gasteiger charge is 2.33. The molecule has 0 aromatic heterocycles. The number of sulfonamides is 1. The van der Waals surface area contributed by atoms with Crippen LogP contribution in [0.15, 0.2) is 48.5 Å². The van der Waals surface area contributed by atoms with Crippen molar-refractivity contribution in [2.75, 3.05) is 17.1 Å². The van der Waals surface area contributed by atoms with Crippen molar-refractivity contribution in [1.82, 2.24) is 10.2 Å². The van der Waals surface area contributed by atoms with E-state index in [-0.39, 0.29) is 18.7 Å². The van der Waals surface area contributed by atoms with E-state index in [2.05, 4.69) is 5.32 Å². The summed E-state index contributed by atoms with van der Waals surface area (Å²) in [6.45, 7) is 6.35. The second kappa shape index (κ2) is 10.9. The SMILES string of the molecule is CCC(C(=O)NC(C)(C)C)N(Cc1ccc(F)cc1)C(=O)CN(c1ccccc1F)S(C)(=O)=O. The summed E-state index contributed by atoms with van der Waals surface area (Å²) in [4.78, 5) is 27.7. The van der Waals surface area contributed by atoms with Gasteiger partial charge < -0.3 is 10.2 Å². The summed E-state index contributed by atoms with van der Waals surface area (Å²) in [5.74, 6) is -2.37. The highest BCUT2D eigenvalue weighted by Crippen LogP contribution is 2.23. The van der Waals surface area contributed by atoms with Gasteiger partial charge in [0.05, 0.1) is 11.9 Å². The van der Waals surface area contributed by atoms with Gasteiger partial charge in [0.2, 0.25) is 21.8 Å². The van der Waals surface area contributed by atoms with Crippen LogP contribution in [-0.4, -0.2) is 49.5 Å². The Hall–Kier alpha value is -3.01. The number of carbonyl (C=O) groups excluding carboxylic acids is 2. The van der Waals surface area contributed by atoms with Crippen LogP contribution in [0.1, 0.15) is 39.7 Å². The van der Waals surface area contributed by atoms with Crippen LogP contribution < -0.4 is 9.62 Å². The average Bonchev–Trinajstić information content (AvgIpc) is 2.71. The third-order valence-electron chi connectivity index (χ3n) is 4.95. The summed E-state index contributed by atoms with van der Waals surface area (Å²) in [5.41, 5.74) is -0.290. The molecule has 2 aromatic carbocycles. The first-order chi connectivity index (χ1) is 15.7. The lowest BCUT2D eigenvalue weighted by Crippen LogP contribution is -2.55. The highest BCUT2D eigenvalue weighted by atomic mass is 32.2. The minimum absolute atomic E-state index is 0.0654. The van der Waals surface area contributed by atoms with Gasteiger partial charge in [0.15, 0.2) is 0 Å². The van der Waals surface area contributed by atoms with E-state index in [1.54, 1.807) is 27.7 Å². The Kier molecular flexibility index (Phi) is 8.77. The molecule has 0 aliphatic carbocycles. The van der Waals surface area contributed by atoms with E-state index in [0.29, 0.717) is 9.87 Å². The maximum Gasteiger partial charge on any atom is 0.244 e. The molecule has 186 valence electrons. The smallest absolute Gasteiger partial charge is 0.244 e. The molecule has 1 atom stereocenters. The van der Waals surface area contributed by atoms with Crippen molar-refractivity contribution in [2.45, 2.75) is 52.2 Å². The van der Waals surface area contributed by atoms with Crippen LogP contribution >= 0.6 is 0 Å². The van der Waals surface area contributed by atoms with Gasteiger partial charge in [0.1, 0.15) is 24.2 Å². The maximum absolute atomic E-state index is 14.4. The molecule has 0 radical (unpaired) electrons. The lowest BCUT2D eigenvalue weighted by Gasteiger charge is -2.34. The number of halogens is 2. The van der Waals surface area contributed by atoms with Gasteiger partial charge in [-0.1, -0.05) is 31.2 Å². The Labute approximate surface area is 199 Å². The number of hydrogen-bond acceptors (Lipinski definition) is 4. The normalized spacial score (nSPS) is 12.7. The molecule has 0 bridgehead atoms. The lowest BCUT2D eigenvalue weighted by molar-refractivity contribution is -0.141. The fourth-order valence-corrected chi connectivity index (χ4v) is 4.26. The molecule has 2 aromatic rings. The summed E-state index contributed by atoms with van der Waals surface area (Å²) in [7, 11) is -4.03. The number of hydrogen-bond donors (Lipinski definition) is 1. The molecule has 1 unspecified atom stereocenters. The summed E-state index contributed by atoms with van der Waals surface area (Å²) in [6.07, 6.45) is 1.12. The summed E-state index contributed by atoms with van der Waals surface area (Å²) in [5, 5.41) is 2.84. The summed E-state index contributed by atoms with van der Waals surface area (Å²) in [6, 6.07) is 9.72. The zero-order valence-electron chi connectivity index (χ0n) is 20.0. The first-order valence-electron chi connectivity index (χ1n) is 10.8. The van der Waals surface area contributed by atoms with Gasteiger partial charge in [-0.05, 0) is 57.0 Å². The zero-order chi connectivity index (χ0) is 25.7. The second-order valence-corrected chi connectivity index (χ2v) is 10.9. The Morgan fingerprint density at radius 3 is 2.12 bits per heavy atom. The molecular weight excluding hydrogens is 464 g/mol. The van der Waals surface area contributed by atoms with Gasteiger partial charge in [-0.25, -0.2) is 17.2 Å². The third-order valence-corrected chi connectivity index (χ3v) is 6.08. The first kappa shape index (κ1) is 27.2. The Balaban J connectivity index is 2.46. The van der Waals surface area contributed by atoms with Gasteiger partial charge >= 0.3 is 0 Å². The van der Waals surface area contributed by atoms with Crippen molar-refractivity contribution < 1.29 is 26.8 Å². The van der Waals surface area contributed by atoms with Crippen LogP contribution in [0, 0.1) is 11.6 Å². The fraction of sp³-hybridized carbons (Fsp3) is 0.417. The molecule has 0 heterocycles. The minimum atomic E-state index is -4.03. The molecule has 0 aliphatic rings. The van der Waals surface area contributed by atoms with E-state index in [1.807, 2.05) is 0 Å². The van der Waals surface area contributed by atoms with E-state index in [9.17, 15) is 26.8 Å². The zero-order valence-corrected chi connectivity index (χ0v) is 20.8. The average molecular weight is 496 g/mol. The van der Waals surface area contributed by atoms with Crippen molar-refractivity contribution in [3.05, 3.63) is 65.7 Å². The number of para-hydroxylation sites is 1. The van der Waals surface area contributed by atoms with Crippen LogP contribution in [0.5, 0.6) is 0 Å². The quantitative estimate of drug-likeness (QED) is 0.577. The van der Waals surface area contributed by atoms with Crippen LogP contribution in [0.2, 0.25) is 0 Å². The third kappa shape index (κ3) is 7.51. The van der Waals surface area contributed by atoms with Gasteiger partial charge in [0.25, 0.3) is 0 Å². The highest BCUT2D eigenvalue weighted by molar-refractivity contribution is 7.92. The van der Waals surface area contributed by atoms with E-state index >= 15 is 0 Å². The minimum Gasteiger partial charge on any atom is -0.350 e. The summed E-state index contributed by atoms with van der Waals surface area (Å²) < 4.78 is 53.4. The van der Waals surface area contributed by atoms with Crippen LogP contribution in [0.3, 0.4) is 0 Å². The van der Waals surface area contributed by atoms with Crippen molar-refractivity contribution in [3.8, 4) is 0 Å². The first-order valence-corrected chi connectivity index (χ1v) is 12.7. The molecule has 0 saturated carbocycles. The molecule has 0 fully saturated rings. The predicted molar refractivity (Wildman–Crippen MR) is 128 cm³/mol. The Bertz CT molecular complexity index is 1120. The van der Waals surface area contributed by atoms with Crippen molar-refractivity contribution in [1.29, 1.82) is 0 Å². The van der Waals surface area contributed by atoms with Gasteiger partial charge in [-0.15, -0.1) is 0 Å². The molecule has 0 aliphatic heterocycles. The maximum atomic E-state index is 14.4. The molecule has 0 saturated heterocycles. The van der Waals surface area contributed by atoms with Crippen LogP contribution in [-0.2, 0) is 26.2 Å². The fourth-order valence-electron chi connectivity index (χ4n) is 3.41. The standard InChI is InChI=1S/C24H31F2N3O4S/c1-6-20(23(31)27-24(2,3)4)28(15-17-11-13-18(25)14-12-17)22(30)16-29(34(5,32)33)21-10-8-7-9-19(21)26/h7-14,20H,6,15-16H2,1-5H3,(H,27,31). The van der Waals surface area contributed by atoms with E-state index in [0.717, 1.165) is 12.3 Å². The lowest BCUT2D eigenvalue weighted by atomic mass is 10.1. The molecule has 10 heteroatoms. The molecular formula is C24H31F2N3O4S. The molecule has 2 rings (SSSR count). The predicted octanol–water partition coefficient (Wildman–Crippen LogP) is 3.45. The topological polar surface area (TPSA) is 86.8 Å². The molecule has 0 spiro atoms. The number of carbonyl (C=O) groups is 2. The number of amides is 2. The molecule has 7 nitrogen and oxygen atoms in total.